The smallest absolute Gasteiger partial charge is 0.278 e. The Balaban J connectivity index is 1.96. The summed E-state index contributed by atoms with van der Waals surface area (Å²) < 4.78 is 12.5. The number of unbranched alkanes of at least 4 members (excludes halogenated alkanes) is 1. The van der Waals surface area contributed by atoms with Crippen LogP contribution in [0.15, 0.2) is 17.1 Å². The molecule has 0 radical (unpaired) electrons. The summed E-state index contributed by atoms with van der Waals surface area (Å²) in [5.74, 6) is -0.0559. The van der Waals surface area contributed by atoms with Gasteiger partial charge in [0, 0.05) is 18.8 Å². The van der Waals surface area contributed by atoms with E-state index in [1.54, 1.807) is 15.8 Å². The first-order valence-corrected chi connectivity index (χ1v) is 7.26. The first-order valence-electron chi connectivity index (χ1n) is 7.26. The quantitative estimate of drug-likeness (QED) is 0.813. The van der Waals surface area contributed by atoms with Gasteiger partial charge in [0.15, 0.2) is 11.4 Å². The second-order valence-electron chi connectivity index (χ2n) is 5.15. The largest absolute Gasteiger partial charge is 0.487 e. The minimum Gasteiger partial charge on any atom is -0.487 e. The lowest BCUT2D eigenvalue weighted by Crippen LogP contribution is -2.59. The van der Waals surface area contributed by atoms with Crippen molar-refractivity contribution < 1.29 is 14.3 Å². The van der Waals surface area contributed by atoms with E-state index in [2.05, 4.69) is 5.43 Å². The lowest BCUT2D eigenvalue weighted by molar-refractivity contribution is -0.00324. The van der Waals surface area contributed by atoms with Crippen LogP contribution in [0, 0.1) is 0 Å². The lowest BCUT2D eigenvalue weighted by Gasteiger charge is -2.41. The second-order valence-corrected chi connectivity index (χ2v) is 5.15. The van der Waals surface area contributed by atoms with Crippen LogP contribution in [0.25, 0.3) is 0 Å². The molecule has 0 bridgehead atoms. The molecule has 0 unspecified atom stereocenters. The molecule has 114 valence electrons. The standard InChI is InChI=1S/C14H19N3O4/c1-2-3-7-21-13-10(18)4-5-17-12(13)14(19)16-6-8-20-9-11(16)15-17/h4-5,11,15H,2-3,6-9H2,1H3/t11-/m0/s1. The summed E-state index contributed by atoms with van der Waals surface area (Å²) in [5, 5.41) is 0. The monoisotopic (exact) mass is 293 g/mol. The van der Waals surface area contributed by atoms with Crippen molar-refractivity contribution in [2.45, 2.75) is 25.9 Å². The fourth-order valence-electron chi connectivity index (χ4n) is 2.53. The number of carbonyl (C=O) groups excluding carboxylic acids is 1. The van der Waals surface area contributed by atoms with Crippen LogP contribution in [0.2, 0.25) is 0 Å². The van der Waals surface area contributed by atoms with Crippen LogP contribution in [0.3, 0.4) is 0 Å². The highest BCUT2D eigenvalue weighted by Gasteiger charge is 2.36. The topological polar surface area (TPSA) is 72.8 Å². The molecule has 3 rings (SSSR count). The summed E-state index contributed by atoms with van der Waals surface area (Å²) in [5.41, 5.74) is 3.18. The van der Waals surface area contributed by atoms with Crippen LogP contribution in [-0.2, 0) is 4.74 Å². The molecule has 0 aliphatic carbocycles. The predicted octanol–water partition coefficient (Wildman–Crippen LogP) is 0.383. The third kappa shape index (κ3) is 2.49. The number of hydrogen-bond donors (Lipinski definition) is 1. The van der Waals surface area contributed by atoms with Gasteiger partial charge in [0.05, 0.1) is 19.8 Å². The zero-order valence-electron chi connectivity index (χ0n) is 12.0. The molecule has 1 N–H and O–H groups in total. The third-order valence-corrected chi connectivity index (χ3v) is 3.68. The van der Waals surface area contributed by atoms with Gasteiger partial charge in [-0.1, -0.05) is 13.3 Å². The van der Waals surface area contributed by atoms with Gasteiger partial charge >= 0.3 is 0 Å². The molecule has 21 heavy (non-hydrogen) atoms. The van der Waals surface area contributed by atoms with Gasteiger partial charge in [-0.15, -0.1) is 0 Å². The minimum atomic E-state index is -0.265. The van der Waals surface area contributed by atoms with Crippen molar-refractivity contribution in [2.75, 3.05) is 31.8 Å². The van der Waals surface area contributed by atoms with Gasteiger partial charge in [-0.3, -0.25) is 14.3 Å². The van der Waals surface area contributed by atoms with E-state index in [0.717, 1.165) is 12.8 Å². The van der Waals surface area contributed by atoms with Gasteiger partial charge in [-0.05, 0) is 6.42 Å². The van der Waals surface area contributed by atoms with E-state index in [-0.39, 0.29) is 28.9 Å². The molecule has 1 aromatic heterocycles. The zero-order valence-corrected chi connectivity index (χ0v) is 12.0. The van der Waals surface area contributed by atoms with Crippen molar-refractivity contribution in [3.05, 3.63) is 28.2 Å². The Labute approximate surface area is 122 Å². The molecule has 1 aromatic rings. The molecular formula is C14H19N3O4. The number of ether oxygens (including phenoxy) is 2. The first-order chi connectivity index (χ1) is 10.2. The molecule has 3 heterocycles. The molecule has 0 spiro atoms. The van der Waals surface area contributed by atoms with Gasteiger partial charge in [0.25, 0.3) is 5.91 Å². The molecule has 2 aliphatic heterocycles. The maximum atomic E-state index is 12.6. The Bertz CT molecular complexity index is 598. The number of amides is 1. The number of aromatic nitrogens is 1. The number of nitrogens with one attached hydrogen (secondary N) is 1. The van der Waals surface area contributed by atoms with E-state index in [1.165, 1.54) is 6.07 Å². The van der Waals surface area contributed by atoms with E-state index in [9.17, 15) is 9.59 Å². The molecule has 1 atom stereocenters. The molecule has 2 aliphatic rings. The van der Waals surface area contributed by atoms with Gasteiger partial charge in [-0.2, -0.15) is 0 Å². The molecule has 0 saturated carbocycles. The SMILES string of the molecule is CCCCOc1c2n(ccc1=O)N[C@@H]1COCCN1C2=O. The van der Waals surface area contributed by atoms with Gasteiger partial charge in [0.2, 0.25) is 5.43 Å². The Kier molecular flexibility index (Phi) is 3.83. The second kappa shape index (κ2) is 5.77. The van der Waals surface area contributed by atoms with Crippen LogP contribution in [0.4, 0.5) is 0 Å². The number of morpholine rings is 1. The van der Waals surface area contributed by atoms with Crippen LogP contribution in [0.1, 0.15) is 30.3 Å². The Morgan fingerprint density at radius 2 is 2.33 bits per heavy atom. The van der Waals surface area contributed by atoms with Crippen molar-refractivity contribution in [1.29, 1.82) is 0 Å². The van der Waals surface area contributed by atoms with E-state index < -0.39 is 0 Å². The molecule has 1 amide bonds. The first kappa shape index (κ1) is 13.9. The van der Waals surface area contributed by atoms with Crippen LogP contribution >= 0.6 is 0 Å². The van der Waals surface area contributed by atoms with Crippen molar-refractivity contribution in [2.24, 2.45) is 0 Å². The predicted molar refractivity (Wildman–Crippen MR) is 76.1 cm³/mol. The summed E-state index contributed by atoms with van der Waals surface area (Å²) in [6.45, 7) is 3.93. The Morgan fingerprint density at radius 3 is 3.14 bits per heavy atom. The Hall–Kier alpha value is -2.02. The summed E-state index contributed by atoms with van der Waals surface area (Å²) in [6, 6.07) is 1.41. The summed E-state index contributed by atoms with van der Waals surface area (Å²) in [7, 11) is 0. The van der Waals surface area contributed by atoms with E-state index in [4.69, 9.17) is 9.47 Å². The van der Waals surface area contributed by atoms with Crippen molar-refractivity contribution in [1.82, 2.24) is 9.58 Å². The lowest BCUT2D eigenvalue weighted by atomic mass is 10.2. The average molecular weight is 293 g/mol. The van der Waals surface area contributed by atoms with Crippen LogP contribution in [0.5, 0.6) is 5.75 Å². The van der Waals surface area contributed by atoms with Gasteiger partial charge < -0.3 is 19.8 Å². The maximum absolute atomic E-state index is 12.6. The van der Waals surface area contributed by atoms with Crippen LogP contribution in [-0.4, -0.2) is 48.0 Å². The fourth-order valence-corrected chi connectivity index (χ4v) is 2.53. The highest BCUT2D eigenvalue weighted by atomic mass is 16.5. The van der Waals surface area contributed by atoms with E-state index in [0.29, 0.717) is 26.4 Å². The number of rotatable bonds is 4. The summed E-state index contributed by atoms with van der Waals surface area (Å²) in [4.78, 5) is 26.4. The van der Waals surface area contributed by atoms with Gasteiger partial charge in [0.1, 0.15) is 6.17 Å². The fraction of sp³-hybridized carbons (Fsp3) is 0.571. The normalized spacial score (nSPS) is 20.5. The third-order valence-electron chi connectivity index (χ3n) is 3.68. The molecule has 0 aromatic carbocycles. The zero-order chi connectivity index (χ0) is 14.8. The number of hydrogen-bond acceptors (Lipinski definition) is 5. The number of carbonyl (C=O) groups is 1. The number of fused-ring (bicyclic) bond motifs is 2. The van der Waals surface area contributed by atoms with Crippen LogP contribution < -0.4 is 15.6 Å². The maximum Gasteiger partial charge on any atom is 0.278 e. The molecule has 7 nitrogen and oxygen atoms in total. The summed E-state index contributed by atoms with van der Waals surface area (Å²) in [6.07, 6.45) is 3.17. The van der Waals surface area contributed by atoms with E-state index in [1.807, 2.05) is 6.92 Å². The average Bonchev–Trinajstić information content (AvgIpc) is 2.50. The molecule has 1 fully saturated rings. The Morgan fingerprint density at radius 1 is 1.48 bits per heavy atom. The molecule has 1 saturated heterocycles. The van der Waals surface area contributed by atoms with Crippen molar-refractivity contribution >= 4 is 5.91 Å². The highest BCUT2D eigenvalue weighted by Crippen LogP contribution is 2.22. The minimum absolute atomic E-state index is 0.133. The van der Waals surface area contributed by atoms with E-state index >= 15 is 0 Å². The molecular weight excluding hydrogens is 274 g/mol. The number of pyridine rings is 1. The highest BCUT2D eigenvalue weighted by molar-refractivity contribution is 5.96. The summed E-state index contributed by atoms with van der Waals surface area (Å²) >= 11 is 0. The molecule has 7 heteroatoms. The number of nitrogens with zero attached hydrogens (tertiary/aromatic N) is 2. The van der Waals surface area contributed by atoms with Gasteiger partial charge in [-0.25, -0.2) is 0 Å². The van der Waals surface area contributed by atoms with Crippen molar-refractivity contribution in [3.8, 4) is 5.75 Å². The van der Waals surface area contributed by atoms with Crippen molar-refractivity contribution in [3.63, 3.8) is 0 Å².